The largest absolute Gasteiger partial charge is 0.501 e. The molecule has 1 radical (unpaired) electrons. The number of furan rings is 1. The van der Waals surface area contributed by atoms with Gasteiger partial charge in [0.15, 0.2) is 0 Å². The van der Waals surface area contributed by atoms with Gasteiger partial charge in [0.2, 0.25) is 0 Å². The fraction of sp³-hybridized carbons (Fsp3) is 0.306. The Labute approximate surface area is 341 Å². The number of hydrogen-bond acceptors (Lipinski definition) is 3. The number of fused-ring (bicyclic) bond motifs is 3. The van der Waals surface area contributed by atoms with Crippen molar-refractivity contribution in [1.29, 1.82) is 0 Å². The van der Waals surface area contributed by atoms with Crippen molar-refractivity contribution in [2.75, 3.05) is 0 Å². The number of aromatic nitrogens is 2. The molecule has 0 spiro atoms. The van der Waals surface area contributed by atoms with Gasteiger partial charge < -0.3 is 14.4 Å². The van der Waals surface area contributed by atoms with Crippen LogP contribution in [0, 0.1) is 29.8 Å². The molecule has 1 aliphatic carbocycles. The molecule has 0 atom stereocenters. The minimum Gasteiger partial charge on any atom is -0.501 e. The van der Waals surface area contributed by atoms with E-state index in [4.69, 9.17) is 9.40 Å². The van der Waals surface area contributed by atoms with Crippen LogP contribution in [0.15, 0.2) is 114 Å². The summed E-state index contributed by atoms with van der Waals surface area (Å²) >= 11 is 0. The molecule has 4 aromatic carbocycles. The standard InChI is InChI=1S/C31H27FNO.C18H24NSi.Ir/c1-31(2,21-8-3-4-9-21)22-16-17-33-28(19-22)26-12-7-11-25-24-15-14-20(18-29(24)34-30(25)26)23-10-5-6-13-27(23)32;1-14(2)11-16-12-17(15-9-7-6-8-10-15)19-13-18(16)20(3,4)5;/h5-7,10-11,13-19,21H,3-4,8-9H2,1-2H3;6-9,12-14H,11H2,1-5H3;/q2*-1;. The Kier molecular flexibility index (Phi) is 12.4. The molecule has 3 nitrogen and oxygen atoms in total. The van der Waals surface area contributed by atoms with Gasteiger partial charge in [0, 0.05) is 43.4 Å². The SMILES string of the molecule is CC(C)(c1ccnc(-c2[c-]ccc3c2oc2cc(-c4ccccc4F)ccc23)c1)C1CCCC1.CC(C)Cc1cc(-c2[c-]cccc2)ncc1[Si](C)(C)C.[Ir]. The van der Waals surface area contributed by atoms with E-state index in [0.29, 0.717) is 17.4 Å². The molecule has 6 heteroatoms. The van der Waals surface area contributed by atoms with Crippen LogP contribution in [0.1, 0.15) is 64.5 Å². The zero-order valence-corrected chi connectivity index (χ0v) is 36.5. The van der Waals surface area contributed by atoms with Crippen LogP contribution in [0.3, 0.4) is 0 Å². The van der Waals surface area contributed by atoms with Gasteiger partial charge in [0.25, 0.3) is 0 Å². The van der Waals surface area contributed by atoms with Gasteiger partial charge in [0.1, 0.15) is 11.4 Å². The van der Waals surface area contributed by atoms with Crippen molar-refractivity contribution in [3.63, 3.8) is 0 Å². The van der Waals surface area contributed by atoms with Gasteiger partial charge in [0.05, 0.1) is 13.7 Å². The van der Waals surface area contributed by atoms with Crippen LogP contribution in [0.25, 0.3) is 55.6 Å². The second-order valence-electron chi connectivity index (χ2n) is 16.9. The summed E-state index contributed by atoms with van der Waals surface area (Å²) in [5.41, 5.74) is 9.63. The summed E-state index contributed by atoms with van der Waals surface area (Å²) in [4.78, 5) is 9.39. The van der Waals surface area contributed by atoms with E-state index in [2.05, 4.69) is 94.9 Å². The van der Waals surface area contributed by atoms with E-state index in [1.807, 2.05) is 60.8 Å². The van der Waals surface area contributed by atoms with Crippen molar-refractivity contribution in [3.8, 4) is 33.6 Å². The fourth-order valence-corrected chi connectivity index (χ4v) is 9.72. The minimum absolute atomic E-state index is 0. The molecule has 0 N–H and O–H groups in total. The Bertz CT molecular complexity index is 2390. The number of pyridine rings is 2. The van der Waals surface area contributed by atoms with Gasteiger partial charge in [-0.3, -0.25) is 0 Å². The Balaban J connectivity index is 0.000000211. The van der Waals surface area contributed by atoms with Gasteiger partial charge in [-0.05, 0) is 82.4 Å². The van der Waals surface area contributed by atoms with Crippen molar-refractivity contribution in [1.82, 2.24) is 9.97 Å². The van der Waals surface area contributed by atoms with E-state index in [0.717, 1.165) is 56.4 Å². The summed E-state index contributed by atoms with van der Waals surface area (Å²) in [6.45, 7) is 16.5. The van der Waals surface area contributed by atoms with Gasteiger partial charge in [-0.15, -0.1) is 54.1 Å². The Morgan fingerprint density at radius 1 is 0.836 bits per heavy atom. The number of halogens is 1. The number of rotatable bonds is 8. The fourth-order valence-electron chi connectivity index (χ4n) is 8.13. The number of nitrogens with zero attached hydrogens (tertiary/aromatic N) is 2. The van der Waals surface area contributed by atoms with E-state index >= 15 is 0 Å². The van der Waals surface area contributed by atoms with Gasteiger partial charge in [-0.1, -0.05) is 119 Å². The first kappa shape index (κ1) is 40.4. The maximum atomic E-state index is 14.4. The van der Waals surface area contributed by atoms with Crippen molar-refractivity contribution < 1.29 is 28.9 Å². The summed E-state index contributed by atoms with van der Waals surface area (Å²) in [5.74, 6) is 1.13. The molecule has 55 heavy (non-hydrogen) atoms. The summed E-state index contributed by atoms with van der Waals surface area (Å²) in [6, 6.07) is 38.0. The molecule has 8 rings (SSSR count). The summed E-state index contributed by atoms with van der Waals surface area (Å²) in [6.07, 6.45) is 10.4. The topological polar surface area (TPSA) is 38.9 Å². The summed E-state index contributed by atoms with van der Waals surface area (Å²) in [5, 5.41) is 3.52. The predicted molar refractivity (Wildman–Crippen MR) is 226 cm³/mol. The number of hydrogen-bond donors (Lipinski definition) is 0. The normalized spacial score (nSPS) is 13.5. The van der Waals surface area contributed by atoms with Crippen LogP contribution in [0.4, 0.5) is 4.39 Å². The molecule has 0 bridgehead atoms. The molecule has 1 aliphatic rings. The van der Waals surface area contributed by atoms with E-state index < -0.39 is 8.07 Å². The first-order valence-electron chi connectivity index (χ1n) is 19.5. The second kappa shape index (κ2) is 16.9. The van der Waals surface area contributed by atoms with Crippen molar-refractivity contribution >= 4 is 35.2 Å². The summed E-state index contributed by atoms with van der Waals surface area (Å²) < 4.78 is 20.7. The molecule has 7 aromatic rings. The quantitative estimate of drug-likeness (QED) is 0.113. The Morgan fingerprint density at radius 3 is 2.31 bits per heavy atom. The van der Waals surface area contributed by atoms with Crippen LogP contribution < -0.4 is 5.19 Å². The summed E-state index contributed by atoms with van der Waals surface area (Å²) in [7, 11) is -1.34. The maximum Gasteiger partial charge on any atom is 0.131 e. The molecule has 0 unspecified atom stereocenters. The number of benzene rings is 4. The zero-order valence-electron chi connectivity index (χ0n) is 33.1. The molecule has 1 saturated carbocycles. The van der Waals surface area contributed by atoms with E-state index in [-0.39, 0.29) is 31.3 Å². The van der Waals surface area contributed by atoms with Crippen molar-refractivity contribution in [3.05, 3.63) is 139 Å². The maximum absolute atomic E-state index is 14.4. The average Bonchev–Trinajstić information content (AvgIpc) is 3.84. The van der Waals surface area contributed by atoms with Crippen LogP contribution in [-0.4, -0.2) is 18.0 Å². The molecular weight excluding hydrogens is 872 g/mol. The van der Waals surface area contributed by atoms with Crippen LogP contribution >= 0.6 is 0 Å². The first-order valence-corrected chi connectivity index (χ1v) is 23.0. The Morgan fingerprint density at radius 2 is 1.60 bits per heavy atom. The molecule has 3 aromatic heterocycles. The third-order valence-corrected chi connectivity index (χ3v) is 13.2. The van der Waals surface area contributed by atoms with E-state index in [1.54, 1.807) is 12.1 Å². The zero-order chi connectivity index (χ0) is 38.0. The third-order valence-electron chi connectivity index (χ3n) is 11.2. The molecule has 0 amide bonds. The van der Waals surface area contributed by atoms with E-state index in [9.17, 15) is 4.39 Å². The van der Waals surface area contributed by atoms with Crippen LogP contribution in [-0.2, 0) is 31.9 Å². The Hall–Kier alpha value is -4.22. The van der Waals surface area contributed by atoms with Crippen LogP contribution in [0.2, 0.25) is 19.6 Å². The van der Waals surface area contributed by atoms with Crippen molar-refractivity contribution in [2.45, 2.75) is 84.9 Å². The smallest absolute Gasteiger partial charge is 0.131 e. The van der Waals surface area contributed by atoms with Crippen LogP contribution in [0.5, 0.6) is 0 Å². The molecular formula is C49H51FIrN2OSi-2. The third kappa shape index (κ3) is 8.78. The molecule has 0 saturated heterocycles. The van der Waals surface area contributed by atoms with Crippen molar-refractivity contribution in [2.24, 2.45) is 11.8 Å². The second-order valence-corrected chi connectivity index (χ2v) is 21.9. The molecule has 3 heterocycles. The first-order chi connectivity index (χ1) is 25.9. The average molecular weight is 923 g/mol. The molecule has 0 aliphatic heterocycles. The molecule has 285 valence electrons. The minimum atomic E-state index is -1.34. The van der Waals surface area contributed by atoms with Gasteiger partial charge in [-0.25, -0.2) is 4.39 Å². The molecule has 1 fully saturated rings. The van der Waals surface area contributed by atoms with E-state index in [1.165, 1.54) is 48.1 Å². The van der Waals surface area contributed by atoms with Gasteiger partial charge in [-0.2, -0.15) is 0 Å². The monoisotopic (exact) mass is 923 g/mol. The predicted octanol–water partition coefficient (Wildman–Crippen LogP) is 13.0. The van der Waals surface area contributed by atoms with Gasteiger partial charge >= 0.3 is 0 Å².